The number of hydrogen-bond donors (Lipinski definition) is 1. The molecule has 0 saturated heterocycles. The number of benzene rings is 3. The molecule has 126 valence electrons. The maximum absolute atomic E-state index is 11.8. The van der Waals surface area contributed by atoms with Crippen LogP contribution in [0, 0.1) is 0 Å². The van der Waals surface area contributed by atoms with Crippen molar-refractivity contribution in [1.29, 1.82) is 0 Å². The van der Waals surface area contributed by atoms with Crippen LogP contribution >= 0.6 is 0 Å². The minimum atomic E-state index is -1.18. The third-order valence-electron chi connectivity index (χ3n) is 4.81. The van der Waals surface area contributed by atoms with Crippen LogP contribution in [0.15, 0.2) is 78.9 Å². The molecule has 1 aliphatic heterocycles. The molecule has 1 heterocycles. The SMILES string of the molecule is COc1ccccc1C1(O)CC(c2ccccc2)Oc2ccccc21. The Labute approximate surface area is 147 Å². The number of aliphatic hydroxyl groups is 1. The van der Waals surface area contributed by atoms with E-state index in [-0.39, 0.29) is 6.10 Å². The number of hydrogen-bond acceptors (Lipinski definition) is 3. The molecule has 1 aliphatic rings. The lowest BCUT2D eigenvalue weighted by atomic mass is 9.78. The van der Waals surface area contributed by atoms with Crippen molar-refractivity contribution in [2.45, 2.75) is 18.1 Å². The highest BCUT2D eigenvalue weighted by atomic mass is 16.5. The van der Waals surface area contributed by atoms with Gasteiger partial charge in [-0.05, 0) is 17.7 Å². The lowest BCUT2D eigenvalue weighted by Gasteiger charge is -2.39. The third kappa shape index (κ3) is 2.67. The van der Waals surface area contributed by atoms with Gasteiger partial charge in [0.1, 0.15) is 23.2 Å². The van der Waals surface area contributed by atoms with Crippen LogP contribution in [0.2, 0.25) is 0 Å². The molecule has 25 heavy (non-hydrogen) atoms. The normalized spacial score (nSPS) is 21.9. The molecule has 0 spiro atoms. The molecule has 0 amide bonds. The average molecular weight is 332 g/mol. The summed E-state index contributed by atoms with van der Waals surface area (Å²) in [5, 5.41) is 11.8. The first-order valence-corrected chi connectivity index (χ1v) is 8.39. The fourth-order valence-electron chi connectivity index (χ4n) is 3.58. The van der Waals surface area contributed by atoms with Gasteiger partial charge in [-0.2, -0.15) is 0 Å². The molecular weight excluding hydrogens is 312 g/mol. The van der Waals surface area contributed by atoms with Gasteiger partial charge in [0.2, 0.25) is 0 Å². The first-order valence-electron chi connectivity index (χ1n) is 8.39. The summed E-state index contributed by atoms with van der Waals surface area (Å²) in [6.45, 7) is 0. The minimum Gasteiger partial charge on any atom is -0.496 e. The van der Waals surface area contributed by atoms with Gasteiger partial charge in [-0.15, -0.1) is 0 Å². The highest BCUT2D eigenvalue weighted by Crippen LogP contribution is 2.49. The Hall–Kier alpha value is -2.78. The predicted octanol–water partition coefficient (Wildman–Crippen LogP) is 4.45. The Morgan fingerprint density at radius 2 is 1.52 bits per heavy atom. The molecule has 2 atom stereocenters. The van der Waals surface area contributed by atoms with Crippen LogP contribution in [0.4, 0.5) is 0 Å². The summed E-state index contributed by atoms with van der Waals surface area (Å²) in [6, 6.07) is 25.3. The molecule has 0 saturated carbocycles. The number of fused-ring (bicyclic) bond motifs is 1. The smallest absolute Gasteiger partial charge is 0.127 e. The highest BCUT2D eigenvalue weighted by molar-refractivity contribution is 5.51. The second-order valence-electron chi connectivity index (χ2n) is 6.28. The number of ether oxygens (including phenoxy) is 2. The van der Waals surface area contributed by atoms with Gasteiger partial charge in [0.15, 0.2) is 0 Å². The Morgan fingerprint density at radius 3 is 2.28 bits per heavy atom. The van der Waals surface area contributed by atoms with Gasteiger partial charge in [0.05, 0.1) is 7.11 Å². The zero-order valence-electron chi connectivity index (χ0n) is 14.1. The van der Waals surface area contributed by atoms with Crippen molar-refractivity contribution in [3.05, 3.63) is 95.6 Å². The first kappa shape index (κ1) is 15.7. The van der Waals surface area contributed by atoms with E-state index in [1.807, 2.05) is 78.9 Å². The summed E-state index contributed by atoms with van der Waals surface area (Å²) in [4.78, 5) is 0. The van der Waals surface area contributed by atoms with Crippen molar-refractivity contribution >= 4 is 0 Å². The standard InChI is InChI=1S/C22H20O3/c1-24-19-13-7-5-11-17(19)22(23)15-21(16-9-3-2-4-10-16)25-20-14-8-6-12-18(20)22/h2-14,21,23H,15H2,1H3. The Kier molecular flexibility index (Phi) is 3.94. The molecular formula is C22H20O3. The van der Waals surface area contributed by atoms with Gasteiger partial charge in [-0.1, -0.05) is 66.7 Å². The summed E-state index contributed by atoms with van der Waals surface area (Å²) >= 11 is 0. The molecule has 2 unspecified atom stereocenters. The van der Waals surface area contributed by atoms with Crippen LogP contribution in [0.25, 0.3) is 0 Å². The minimum absolute atomic E-state index is 0.231. The van der Waals surface area contributed by atoms with Gasteiger partial charge in [0.25, 0.3) is 0 Å². The summed E-state index contributed by atoms with van der Waals surface area (Å²) in [6.07, 6.45) is 0.194. The molecule has 0 bridgehead atoms. The fraction of sp³-hybridized carbons (Fsp3) is 0.182. The molecule has 0 fully saturated rings. The zero-order valence-corrected chi connectivity index (χ0v) is 14.1. The molecule has 3 aromatic rings. The largest absolute Gasteiger partial charge is 0.496 e. The molecule has 3 heteroatoms. The van der Waals surface area contributed by atoms with E-state index in [2.05, 4.69) is 0 Å². The van der Waals surface area contributed by atoms with Crippen LogP contribution in [0.5, 0.6) is 11.5 Å². The van der Waals surface area contributed by atoms with Crippen LogP contribution in [0.1, 0.15) is 29.2 Å². The second kappa shape index (κ2) is 6.26. The van der Waals surface area contributed by atoms with E-state index >= 15 is 0 Å². The van der Waals surface area contributed by atoms with Gasteiger partial charge < -0.3 is 14.6 Å². The van der Waals surface area contributed by atoms with Gasteiger partial charge in [-0.3, -0.25) is 0 Å². The Morgan fingerprint density at radius 1 is 0.880 bits per heavy atom. The molecule has 0 radical (unpaired) electrons. The van der Waals surface area contributed by atoms with E-state index in [1.165, 1.54) is 0 Å². The van der Waals surface area contributed by atoms with Gasteiger partial charge in [0, 0.05) is 17.5 Å². The van der Waals surface area contributed by atoms with E-state index in [9.17, 15) is 5.11 Å². The van der Waals surface area contributed by atoms with E-state index in [1.54, 1.807) is 7.11 Å². The quantitative estimate of drug-likeness (QED) is 0.770. The molecule has 4 rings (SSSR count). The van der Waals surface area contributed by atoms with Crippen molar-refractivity contribution in [2.75, 3.05) is 7.11 Å². The second-order valence-corrected chi connectivity index (χ2v) is 6.28. The van der Waals surface area contributed by atoms with Crippen molar-refractivity contribution in [1.82, 2.24) is 0 Å². The third-order valence-corrected chi connectivity index (χ3v) is 4.81. The van der Waals surface area contributed by atoms with E-state index in [0.717, 1.165) is 16.7 Å². The maximum atomic E-state index is 11.8. The van der Waals surface area contributed by atoms with E-state index in [4.69, 9.17) is 9.47 Å². The van der Waals surface area contributed by atoms with Crippen molar-refractivity contribution in [3.8, 4) is 11.5 Å². The summed E-state index contributed by atoms with van der Waals surface area (Å²) in [5.74, 6) is 1.38. The molecule has 1 N–H and O–H groups in total. The topological polar surface area (TPSA) is 38.7 Å². The lowest BCUT2D eigenvalue weighted by Crippen LogP contribution is -2.36. The molecule has 3 nitrogen and oxygen atoms in total. The average Bonchev–Trinajstić information content (AvgIpc) is 2.68. The number of methoxy groups -OCH3 is 1. The summed E-state index contributed by atoms with van der Waals surface area (Å²) < 4.78 is 11.7. The summed E-state index contributed by atoms with van der Waals surface area (Å²) in [5.41, 5.74) is 1.40. The summed E-state index contributed by atoms with van der Waals surface area (Å²) in [7, 11) is 1.63. The number of para-hydroxylation sites is 2. The zero-order chi connectivity index (χ0) is 17.3. The molecule has 3 aromatic carbocycles. The lowest BCUT2D eigenvalue weighted by molar-refractivity contribution is -0.000878. The Bertz CT molecular complexity index is 875. The van der Waals surface area contributed by atoms with Crippen molar-refractivity contribution in [3.63, 3.8) is 0 Å². The van der Waals surface area contributed by atoms with Crippen LogP contribution in [0.3, 0.4) is 0 Å². The highest BCUT2D eigenvalue weighted by Gasteiger charge is 2.43. The van der Waals surface area contributed by atoms with Crippen molar-refractivity contribution < 1.29 is 14.6 Å². The van der Waals surface area contributed by atoms with Crippen molar-refractivity contribution in [2.24, 2.45) is 0 Å². The van der Waals surface area contributed by atoms with E-state index in [0.29, 0.717) is 17.9 Å². The number of rotatable bonds is 3. The van der Waals surface area contributed by atoms with Crippen LogP contribution in [-0.2, 0) is 5.60 Å². The van der Waals surface area contributed by atoms with Crippen LogP contribution in [-0.4, -0.2) is 12.2 Å². The molecule has 0 aromatic heterocycles. The van der Waals surface area contributed by atoms with E-state index < -0.39 is 5.60 Å². The maximum Gasteiger partial charge on any atom is 0.127 e. The predicted molar refractivity (Wildman–Crippen MR) is 96.9 cm³/mol. The Balaban J connectivity index is 1.88. The van der Waals surface area contributed by atoms with Gasteiger partial charge in [-0.25, -0.2) is 0 Å². The monoisotopic (exact) mass is 332 g/mol. The molecule has 0 aliphatic carbocycles. The van der Waals surface area contributed by atoms with Gasteiger partial charge >= 0.3 is 0 Å². The first-order chi connectivity index (χ1) is 12.2. The van der Waals surface area contributed by atoms with Crippen LogP contribution < -0.4 is 9.47 Å². The fourth-order valence-corrected chi connectivity index (χ4v) is 3.58.